The first-order valence-electron chi connectivity index (χ1n) is 8.77. The van der Waals surface area contributed by atoms with E-state index in [1.165, 1.54) is 24.1 Å². The molecule has 0 aliphatic carbocycles. The van der Waals surface area contributed by atoms with Gasteiger partial charge < -0.3 is 14.8 Å². The number of alkyl halides is 2. The summed E-state index contributed by atoms with van der Waals surface area (Å²) in [4.78, 5) is 16.2. The van der Waals surface area contributed by atoms with Gasteiger partial charge in [-0.3, -0.25) is 9.69 Å². The molecule has 2 heterocycles. The first-order chi connectivity index (χ1) is 13.1. The van der Waals surface area contributed by atoms with Gasteiger partial charge in [0.05, 0.1) is 18.7 Å². The largest absolute Gasteiger partial charge is 0.493 e. The summed E-state index contributed by atoms with van der Waals surface area (Å²) < 4.78 is 35.1. The van der Waals surface area contributed by atoms with Gasteiger partial charge in [-0.05, 0) is 49.5 Å². The molecule has 1 aromatic carbocycles. The van der Waals surface area contributed by atoms with Crippen LogP contribution in [0.25, 0.3) is 0 Å². The second kappa shape index (κ2) is 9.14. The Labute approximate surface area is 160 Å². The third-order valence-electron chi connectivity index (χ3n) is 4.56. The maximum absolute atomic E-state index is 12.8. The summed E-state index contributed by atoms with van der Waals surface area (Å²) in [7, 11) is 1.34. The van der Waals surface area contributed by atoms with Crippen molar-refractivity contribution >= 4 is 17.2 Å². The molecule has 1 aliphatic rings. The third-order valence-corrected chi connectivity index (χ3v) is 5.53. The molecule has 1 fully saturated rings. The Hall–Kier alpha value is -2.19. The molecule has 8 heteroatoms. The minimum atomic E-state index is -3.05. The molecule has 3 rings (SSSR count). The van der Waals surface area contributed by atoms with Gasteiger partial charge in [-0.15, -0.1) is 11.3 Å². The molecule has 1 unspecified atom stereocenters. The van der Waals surface area contributed by atoms with Gasteiger partial charge in [0.1, 0.15) is 0 Å². The monoisotopic (exact) mass is 396 g/mol. The quantitative estimate of drug-likeness (QED) is 0.735. The Morgan fingerprint density at radius 3 is 2.67 bits per heavy atom. The van der Waals surface area contributed by atoms with Gasteiger partial charge in [-0.1, -0.05) is 12.1 Å². The van der Waals surface area contributed by atoms with E-state index < -0.39 is 12.5 Å². The highest BCUT2D eigenvalue weighted by Gasteiger charge is 2.26. The van der Waals surface area contributed by atoms with E-state index >= 15 is 0 Å². The number of thiophene rings is 1. The lowest BCUT2D eigenvalue weighted by Crippen LogP contribution is -2.36. The Morgan fingerprint density at radius 2 is 2.04 bits per heavy atom. The van der Waals surface area contributed by atoms with Crippen LogP contribution in [0.15, 0.2) is 35.7 Å². The molecular formula is C19H22F2N2O3S. The molecule has 1 saturated heterocycles. The molecular weight excluding hydrogens is 374 g/mol. The molecule has 0 saturated carbocycles. The standard InChI is InChI=1S/C19H22F2N2O3S/c1-25-15-7-4-6-13(17(15)26-19(20)21)18(24)22-12-14(16-8-5-11-27-16)23-9-2-3-10-23/h4-8,11,14,19H,2-3,9-10,12H2,1H3,(H,22,24). The Bertz CT molecular complexity index is 749. The van der Waals surface area contributed by atoms with Gasteiger partial charge in [-0.2, -0.15) is 8.78 Å². The highest BCUT2D eigenvalue weighted by molar-refractivity contribution is 7.10. The van der Waals surface area contributed by atoms with E-state index in [1.54, 1.807) is 17.4 Å². The van der Waals surface area contributed by atoms with Crippen molar-refractivity contribution in [3.63, 3.8) is 0 Å². The number of amides is 1. The predicted molar refractivity (Wildman–Crippen MR) is 99.8 cm³/mol. The first-order valence-corrected chi connectivity index (χ1v) is 9.65. The fraction of sp³-hybridized carbons (Fsp3) is 0.421. The molecule has 1 atom stereocenters. The molecule has 1 aromatic heterocycles. The van der Waals surface area contributed by atoms with Gasteiger partial charge in [0.15, 0.2) is 11.5 Å². The maximum atomic E-state index is 12.8. The summed E-state index contributed by atoms with van der Waals surface area (Å²) in [5.74, 6) is -0.621. The van der Waals surface area contributed by atoms with Crippen molar-refractivity contribution in [3.8, 4) is 11.5 Å². The minimum Gasteiger partial charge on any atom is -0.493 e. The minimum absolute atomic E-state index is 0.0287. The number of hydrogen-bond donors (Lipinski definition) is 1. The topological polar surface area (TPSA) is 50.8 Å². The molecule has 1 N–H and O–H groups in total. The zero-order chi connectivity index (χ0) is 19.2. The number of halogens is 2. The van der Waals surface area contributed by atoms with Gasteiger partial charge in [0.2, 0.25) is 0 Å². The Kier molecular flexibility index (Phi) is 6.63. The molecule has 0 radical (unpaired) electrons. The Balaban J connectivity index is 1.76. The molecule has 1 amide bonds. The third kappa shape index (κ3) is 4.75. The van der Waals surface area contributed by atoms with E-state index in [9.17, 15) is 13.6 Å². The van der Waals surface area contributed by atoms with Crippen molar-refractivity contribution in [2.24, 2.45) is 0 Å². The first kappa shape index (κ1) is 19.6. The summed E-state index contributed by atoms with van der Waals surface area (Å²) >= 11 is 1.65. The molecule has 2 aromatic rings. The van der Waals surface area contributed by atoms with Crippen LogP contribution in [-0.2, 0) is 0 Å². The summed E-state index contributed by atoms with van der Waals surface area (Å²) in [6.07, 6.45) is 2.27. The number of carbonyl (C=O) groups is 1. The van der Waals surface area contributed by atoms with Gasteiger partial charge >= 0.3 is 6.61 Å². The smallest absolute Gasteiger partial charge is 0.387 e. The molecule has 5 nitrogen and oxygen atoms in total. The zero-order valence-electron chi connectivity index (χ0n) is 15.0. The number of ether oxygens (including phenoxy) is 2. The summed E-state index contributed by atoms with van der Waals surface area (Å²) in [6, 6.07) is 8.61. The van der Waals surface area contributed by atoms with Crippen LogP contribution in [-0.4, -0.2) is 44.2 Å². The van der Waals surface area contributed by atoms with Crippen LogP contribution in [0.1, 0.15) is 34.1 Å². The average Bonchev–Trinajstić information content (AvgIpc) is 3.36. The lowest BCUT2D eigenvalue weighted by Gasteiger charge is -2.27. The molecule has 1 aliphatic heterocycles. The fourth-order valence-corrected chi connectivity index (χ4v) is 4.16. The highest BCUT2D eigenvalue weighted by atomic mass is 32.1. The number of benzene rings is 1. The number of carbonyl (C=O) groups excluding carboxylic acids is 1. The number of rotatable bonds is 8. The van der Waals surface area contributed by atoms with Crippen molar-refractivity contribution in [3.05, 3.63) is 46.2 Å². The number of para-hydroxylation sites is 1. The SMILES string of the molecule is COc1cccc(C(=O)NCC(c2cccs2)N2CCCC2)c1OC(F)F. The van der Waals surface area contributed by atoms with Gasteiger partial charge in [-0.25, -0.2) is 0 Å². The number of likely N-dealkylation sites (tertiary alicyclic amines) is 1. The highest BCUT2D eigenvalue weighted by Crippen LogP contribution is 2.33. The lowest BCUT2D eigenvalue weighted by molar-refractivity contribution is -0.0515. The number of nitrogens with one attached hydrogen (secondary N) is 1. The molecule has 0 bridgehead atoms. The van der Waals surface area contributed by atoms with Crippen LogP contribution in [0.4, 0.5) is 8.78 Å². The van der Waals surface area contributed by atoms with Gasteiger partial charge in [0, 0.05) is 11.4 Å². The summed E-state index contributed by atoms with van der Waals surface area (Å²) in [6.45, 7) is -0.685. The summed E-state index contributed by atoms with van der Waals surface area (Å²) in [5.41, 5.74) is 0.0287. The van der Waals surface area contributed by atoms with Crippen molar-refractivity contribution < 1.29 is 23.0 Å². The van der Waals surface area contributed by atoms with Crippen molar-refractivity contribution in [1.29, 1.82) is 0 Å². The number of hydrogen-bond acceptors (Lipinski definition) is 5. The van der Waals surface area contributed by atoms with Crippen LogP contribution in [0.5, 0.6) is 11.5 Å². The van der Waals surface area contributed by atoms with E-state index in [2.05, 4.69) is 21.0 Å². The molecule has 146 valence electrons. The average molecular weight is 396 g/mol. The predicted octanol–water partition coefficient (Wildman–Crippen LogP) is 3.93. The Morgan fingerprint density at radius 1 is 1.26 bits per heavy atom. The van der Waals surface area contributed by atoms with Gasteiger partial charge in [0.25, 0.3) is 5.91 Å². The van der Waals surface area contributed by atoms with E-state index in [4.69, 9.17) is 4.74 Å². The van der Waals surface area contributed by atoms with Crippen LogP contribution >= 0.6 is 11.3 Å². The second-order valence-corrected chi connectivity index (χ2v) is 7.18. The molecule has 0 spiro atoms. The van der Waals surface area contributed by atoms with E-state index in [0.29, 0.717) is 6.54 Å². The van der Waals surface area contributed by atoms with Crippen molar-refractivity contribution in [2.75, 3.05) is 26.7 Å². The number of methoxy groups -OCH3 is 1. The fourth-order valence-electron chi connectivity index (χ4n) is 3.29. The van der Waals surface area contributed by atoms with Crippen LogP contribution in [0.2, 0.25) is 0 Å². The number of nitrogens with zero attached hydrogens (tertiary/aromatic N) is 1. The van der Waals surface area contributed by atoms with Crippen LogP contribution < -0.4 is 14.8 Å². The lowest BCUT2D eigenvalue weighted by atomic mass is 10.1. The molecule has 27 heavy (non-hydrogen) atoms. The zero-order valence-corrected chi connectivity index (χ0v) is 15.8. The van der Waals surface area contributed by atoms with E-state index in [-0.39, 0.29) is 23.1 Å². The van der Waals surface area contributed by atoms with Crippen LogP contribution in [0, 0.1) is 0 Å². The normalized spacial score (nSPS) is 15.7. The van der Waals surface area contributed by atoms with E-state index in [1.807, 2.05) is 11.4 Å². The maximum Gasteiger partial charge on any atom is 0.387 e. The van der Waals surface area contributed by atoms with Crippen molar-refractivity contribution in [2.45, 2.75) is 25.5 Å². The second-order valence-electron chi connectivity index (χ2n) is 6.20. The summed E-state index contributed by atoms with van der Waals surface area (Å²) in [5, 5.41) is 4.89. The van der Waals surface area contributed by atoms with Crippen molar-refractivity contribution in [1.82, 2.24) is 10.2 Å². The van der Waals surface area contributed by atoms with E-state index in [0.717, 1.165) is 25.9 Å². The van der Waals surface area contributed by atoms with Crippen LogP contribution in [0.3, 0.4) is 0 Å².